The second-order valence-electron chi connectivity index (χ2n) is 4.77. The topological polar surface area (TPSA) is 41.6 Å². The van der Waals surface area contributed by atoms with Crippen molar-refractivity contribution in [3.63, 3.8) is 0 Å². The van der Waals surface area contributed by atoms with Crippen molar-refractivity contribution in [2.75, 3.05) is 32.8 Å². The summed E-state index contributed by atoms with van der Waals surface area (Å²) in [7, 11) is 0. The summed E-state index contributed by atoms with van der Waals surface area (Å²) in [6.07, 6.45) is 1.01. The summed E-state index contributed by atoms with van der Waals surface area (Å²) in [4.78, 5) is 14.4. The molecule has 4 heteroatoms. The van der Waals surface area contributed by atoms with Gasteiger partial charge in [0.2, 0.25) is 0 Å². The average Bonchev–Trinajstić information content (AvgIpc) is 2.47. The van der Waals surface area contributed by atoms with Crippen molar-refractivity contribution in [1.29, 1.82) is 0 Å². The Balaban J connectivity index is 1.89. The van der Waals surface area contributed by atoms with Crippen LogP contribution in [-0.4, -0.2) is 43.7 Å². The van der Waals surface area contributed by atoms with Crippen molar-refractivity contribution in [3.05, 3.63) is 34.9 Å². The molecule has 0 aliphatic carbocycles. The number of amides is 1. The molecule has 1 saturated heterocycles. The smallest absolute Gasteiger partial charge is 0.254 e. The van der Waals surface area contributed by atoms with E-state index in [9.17, 15) is 4.79 Å². The lowest BCUT2D eigenvalue weighted by Gasteiger charge is -2.29. The first-order valence-corrected chi connectivity index (χ1v) is 6.55. The summed E-state index contributed by atoms with van der Waals surface area (Å²) >= 11 is 0. The summed E-state index contributed by atoms with van der Waals surface area (Å²) in [5.74, 6) is 0.152. The lowest BCUT2D eigenvalue weighted by molar-refractivity contribution is 0.0302. The normalized spacial score (nSPS) is 19.4. The molecule has 2 heterocycles. The van der Waals surface area contributed by atoms with Crippen molar-refractivity contribution in [3.8, 4) is 0 Å². The Labute approximate surface area is 107 Å². The standard InChI is InChI=1S/C14H18N2O2/c17-14(16-6-8-18-9-7-16)12-3-1-2-11-4-5-15-10-13(11)12/h1-3,15H,4-10H2. The minimum atomic E-state index is 0.152. The maximum atomic E-state index is 12.5. The molecule has 0 saturated carbocycles. The largest absolute Gasteiger partial charge is 0.378 e. The fraction of sp³-hybridized carbons (Fsp3) is 0.500. The number of nitrogens with zero attached hydrogens (tertiary/aromatic N) is 1. The molecule has 0 atom stereocenters. The van der Waals surface area contributed by atoms with Crippen molar-refractivity contribution >= 4 is 5.91 Å². The highest BCUT2D eigenvalue weighted by atomic mass is 16.5. The van der Waals surface area contributed by atoms with Gasteiger partial charge in [0.15, 0.2) is 0 Å². The summed E-state index contributed by atoms with van der Waals surface area (Å²) in [6.45, 7) is 4.52. The van der Waals surface area contributed by atoms with E-state index in [0.717, 1.165) is 25.1 Å². The second-order valence-corrected chi connectivity index (χ2v) is 4.77. The third kappa shape index (κ3) is 2.13. The minimum Gasteiger partial charge on any atom is -0.378 e. The quantitative estimate of drug-likeness (QED) is 0.797. The van der Waals surface area contributed by atoms with Crippen LogP contribution in [0.25, 0.3) is 0 Å². The predicted octanol–water partition coefficient (Wildman–Crippen LogP) is 0.805. The van der Waals surface area contributed by atoms with Gasteiger partial charge in [-0.1, -0.05) is 12.1 Å². The Morgan fingerprint density at radius 1 is 1.28 bits per heavy atom. The van der Waals surface area contributed by atoms with Crippen LogP contribution < -0.4 is 5.32 Å². The van der Waals surface area contributed by atoms with Crippen molar-refractivity contribution in [2.24, 2.45) is 0 Å². The van der Waals surface area contributed by atoms with Crippen LogP contribution in [0.4, 0.5) is 0 Å². The molecule has 1 fully saturated rings. The van der Waals surface area contributed by atoms with Crippen LogP contribution in [0.15, 0.2) is 18.2 Å². The molecule has 0 radical (unpaired) electrons. The van der Waals surface area contributed by atoms with Gasteiger partial charge in [0.1, 0.15) is 0 Å². The molecule has 2 aliphatic heterocycles. The van der Waals surface area contributed by atoms with Gasteiger partial charge in [-0.3, -0.25) is 4.79 Å². The number of rotatable bonds is 1. The van der Waals surface area contributed by atoms with Crippen molar-refractivity contribution in [1.82, 2.24) is 10.2 Å². The summed E-state index contributed by atoms with van der Waals surface area (Å²) in [5, 5.41) is 3.34. The molecule has 3 rings (SSSR count). The fourth-order valence-corrected chi connectivity index (χ4v) is 2.65. The average molecular weight is 246 g/mol. The maximum Gasteiger partial charge on any atom is 0.254 e. The highest BCUT2D eigenvalue weighted by molar-refractivity contribution is 5.96. The Morgan fingerprint density at radius 3 is 2.94 bits per heavy atom. The van der Waals surface area contributed by atoms with E-state index in [2.05, 4.69) is 11.4 Å². The van der Waals surface area contributed by atoms with E-state index in [1.807, 2.05) is 17.0 Å². The number of benzene rings is 1. The van der Waals surface area contributed by atoms with Gasteiger partial charge in [0.25, 0.3) is 5.91 Å². The van der Waals surface area contributed by atoms with Crippen molar-refractivity contribution in [2.45, 2.75) is 13.0 Å². The zero-order valence-corrected chi connectivity index (χ0v) is 10.4. The second kappa shape index (κ2) is 5.08. The van der Waals surface area contributed by atoms with Crippen LogP contribution in [0, 0.1) is 0 Å². The number of fused-ring (bicyclic) bond motifs is 1. The molecular weight excluding hydrogens is 228 g/mol. The Morgan fingerprint density at radius 2 is 2.11 bits per heavy atom. The molecule has 18 heavy (non-hydrogen) atoms. The first kappa shape index (κ1) is 11.7. The van der Waals surface area contributed by atoms with E-state index in [4.69, 9.17) is 4.74 Å². The van der Waals surface area contributed by atoms with E-state index < -0.39 is 0 Å². The monoisotopic (exact) mass is 246 g/mol. The molecule has 1 N–H and O–H groups in total. The minimum absolute atomic E-state index is 0.152. The van der Waals surface area contributed by atoms with E-state index in [1.165, 1.54) is 11.1 Å². The molecule has 1 amide bonds. The number of hydrogen-bond donors (Lipinski definition) is 1. The Hall–Kier alpha value is -1.39. The molecule has 1 aromatic rings. The van der Waals surface area contributed by atoms with Crippen LogP contribution in [0.1, 0.15) is 21.5 Å². The molecular formula is C14H18N2O2. The van der Waals surface area contributed by atoms with Crippen LogP contribution in [0.2, 0.25) is 0 Å². The number of ether oxygens (including phenoxy) is 1. The first-order valence-electron chi connectivity index (χ1n) is 6.55. The third-order valence-corrected chi connectivity index (χ3v) is 3.67. The number of morpholine rings is 1. The molecule has 0 unspecified atom stereocenters. The molecule has 0 aromatic heterocycles. The van der Waals surface area contributed by atoms with Gasteiger partial charge < -0.3 is 15.0 Å². The van der Waals surface area contributed by atoms with Gasteiger partial charge in [-0.2, -0.15) is 0 Å². The van der Waals surface area contributed by atoms with Gasteiger partial charge in [0.05, 0.1) is 13.2 Å². The molecule has 1 aromatic carbocycles. The van der Waals surface area contributed by atoms with Gasteiger partial charge in [-0.25, -0.2) is 0 Å². The number of carbonyl (C=O) groups excluding carboxylic acids is 1. The van der Waals surface area contributed by atoms with Crippen molar-refractivity contribution < 1.29 is 9.53 Å². The highest BCUT2D eigenvalue weighted by Gasteiger charge is 2.23. The highest BCUT2D eigenvalue weighted by Crippen LogP contribution is 2.20. The summed E-state index contributed by atoms with van der Waals surface area (Å²) in [6, 6.07) is 6.08. The molecule has 0 bridgehead atoms. The SMILES string of the molecule is O=C(c1cccc2c1CNCC2)N1CCOCC1. The number of hydrogen-bond acceptors (Lipinski definition) is 3. The van der Waals surface area contributed by atoms with E-state index in [1.54, 1.807) is 0 Å². The summed E-state index contributed by atoms with van der Waals surface area (Å²) in [5.41, 5.74) is 3.36. The molecule has 0 spiro atoms. The van der Waals surface area contributed by atoms with Gasteiger partial charge >= 0.3 is 0 Å². The molecule has 2 aliphatic rings. The first-order chi connectivity index (χ1) is 8.86. The van der Waals surface area contributed by atoms with Crippen LogP contribution in [0.5, 0.6) is 0 Å². The van der Waals surface area contributed by atoms with Crippen LogP contribution in [-0.2, 0) is 17.7 Å². The zero-order valence-electron chi connectivity index (χ0n) is 10.4. The number of carbonyl (C=O) groups is 1. The third-order valence-electron chi connectivity index (χ3n) is 3.67. The predicted molar refractivity (Wildman–Crippen MR) is 68.6 cm³/mol. The van der Waals surface area contributed by atoms with Gasteiger partial charge in [0, 0.05) is 25.2 Å². The van der Waals surface area contributed by atoms with Crippen LogP contribution in [0.3, 0.4) is 0 Å². The summed E-state index contributed by atoms with van der Waals surface area (Å²) < 4.78 is 5.29. The van der Waals surface area contributed by atoms with Gasteiger partial charge in [-0.15, -0.1) is 0 Å². The van der Waals surface area contributed by atoms with Crippen LogP contribution >= 0.6 is 0 Å². The lowest BCUT2D eigenvalue weighted by Crippen LogP contribution is -2.41. The van der Waals surface area contributed by atoms with Gasteiger partial charge in [-0.05, 0) is 30.2 Å². The van der Waals surface area contributed by atoms with E-state index in [-0.39, 0.29) is 5.91 Å². The number of nitrogens with one attached hydrogen (secondary N) is 1. The molecule has 4 nitrogen and oxygen atoms in total. The zero-order chi connectivity index (χ0) is 12.4. The van der Waals surface area contributed by atoms with E-state index >= 15 is 0 Å². The molecule has 96 valence electrons. The maximum absolute atomic E-state index is 12.5. The Kier molecular flexibility index (Phi) is 3.30. The lowest BCUT2D eigenvalue weighted by atomic mass is 9.95. The van der Waals surface area contributed by atoms with E-state index in [0.29, 0.717) is 26.3 Å². The Bertz CT molecular complexity index is 453. The fourth-order valence-electron chi connectivity index (χ4n) is 2.65.